The summed E-state index contributed by atoms with van der Waals surface area (Å²) in [6, 6.07) is 8.30. The molecule has 2 nitrogen and oxygen atoms in total. The summed E-state index contributed by atoms with van der Waals surface area (Å²) in [6.45, 7) is 8.27. The first-order chi connectivity index (χ1) is 8.49. The standard InChI is InChI=1S/C16H21NO/c1-10-6-5-7-14(8-10)9-15(18)16-12(3)11(2)13(4)17-16/h5-8,15,17-18H,9H2,1-4H3. The molecule has 96 valence electrons. The SMILES string of the molecule is Cc1cccc(CC(O)c2[nH]c(C)c(C)c2C)c1. The number of aryl methyl sites for hydroxylation is 2. The Morgan fingerprint density at radius 2 is 1.83 bits per heavy atom. The topological polar surface area (TPSA) is 36.0 Å². The lowest BCUT2D eigenvalue weighted by molar-refractivity contribution is 0.173. The van der Waals surface area contributed by atoms with Crippen molar-refractivity contribution in [2.24, 2.45) is 0 Å². The number of aromatic amines is 1. The number of H-pyrrole nitrogens is 1. The Labute approximate surface area is 109 Å². The number of aliphatic hydroxyl groups excluding tert-OH is 1. The molecule has 2 N–H and O–H groups in total. The van der Waals surface area contributed by atoms with Gasteiger partial charge in [0, 0.05) is 17.8 Å². The average Bonchev–Trinajstić information content (AvgIpc) is 2.57. The van der Waals surface area contributed by atoms with Gasteiger partial charge >= 0.3 is 0 Å². The van der Waals surface area contributed by atoms with Crippen LogP contribution in [0.3, 0.4) is 0 Å². The number of hydrogen-bond acceptors (Lipinski definition) is 1. The van der Waals surface area contributed by atoms with Crippen molar-refractivity contribution < 1.29 is 5.11 Å². The van der Waals surface area contributed by atoms with Crippen LogP contribution in [0.25, 0.3) is 0 Å². The molecule has 0 aliphatic carbocycles. The second-order valence-electron chi connectivity index (χ2n) is 5.12. The molecular weight excluding hydrogens is 222 g/mol. The van der Waals surface area contributed by atoms with Gasteiger partial charge in [0.05, 0.1) is 6.10 Å². The van der Waals surface area contributed by atoms with Crippen LogP contribution in [0.5, 0.6) is 0 Å². The number of hydrogen-bond donors (Lipinski definition) is 2. The van der Waals surface area contributed by atoms with Gasteiger partial charge in [-0.2, -0.15) is 0 Å². The van der Waals surface area contributed by atoms with Gasteiger partial charge in [0.1, 0.15) is 0 Å². The van der Waals surface area contributed by atoms with Crippen LogP contribution in [0.4, 0.5) is 0 Å². The average molecular weight is 243 g/mol. The number of nitrogens with one attached hydrogen (secondary N) is 1. The summed E-state index contributed by atoms with van der Waals surface area (Å²) in [5, 5.41) is 10.4. The summed E-state index contributed by atoms with van der Waals surface area (Å²) in [5.74, 6) is 0. The third kappa shape index (κ3) is 2.49. The predicted octanol–water partition coefficient (Wildman–Crippen LogP) is 3.52. The van der Waals surface area contributed by atoms with Crippen LogP contribution in [0, 0.1) is 27.7 Å². The van der Waals surface area contributed by atoms with Crippen molar-refractivity contribution in [3.63, 3.8) is 0 Å². The molecule has 0 fully saturated rings. The van der Waals surface area contributed by atoms with E-state index >= 15 is 0 Å². The zero-order chi connectivity index (χ0) is 13.3. The molecule has 0 bridgehead atoms. The number of aliphatic hydroxyl groups is 1. The van der Waals surface area contributed by atoms with Crippen molar-refractivity contribution in [1.82, 2.24) is 4.98 Å². The van der Waals surface area contributed by atoms with Crippen molar-refractivity contribution >= 4 is 0 Å². The Balaban J connectivity index is 2.22. The normalized spacial score (nSPS) is 12.7. The largest absolute Gasteiger partial charge is 0.387 e. The van der Waals surface area contributed by atoms with Gasteiger partial charge in [-0.25, -0.2) is 0 Å². The third-order valence-electron chi connectivity index (χ3n) is 3.70. The van der Waals surface area contributed by atoms with Crippen molar-refractivity contribution in [2.45, 2.75) is 40.2 Å². The first-order valence-corrected chi connectivity index (χ1v) is 6.38. The van der Waals surface area contributed by atoms with E-state index in [-0.39, 0.29) is 0 Å². The van der Waals surface area contributed by atoms with E-state index in [0.29, 0.717) is 6.42 Å². The molecule has 0 amide bonds. The van der Waals surface area contributed by atoms with Crippen LogP contribution in [0.1, 0.15) is 39.7 Å². The van der Waals surface area contributed by atoms with Crippen LogP contribution in [-0.2, 0) is 6.42 Å². The minimum atomic E-state index is -0.459. The lowest BCUT2D eigenvalue weighted by atomic mass is 10.0. The lowest BCUT2D eigenvalue weighted by Crippen LogP contribution is -2.04. The summed E-state index contributed by atoms with van der Waals surface area (Å²) < 4.78 is 0. The second kappa shape index (κ2) is 4.99. The van der Waals surface area contributed by atoms with Crippen LogP contribution in [-0.4, -0.2) is 10.1 Å². The van der Waals surface area contributed by atoms with E-state index < -0.39 is 6.10 Å². The van der Waals surface area contributed by atoms with E-state index in [1.807, 2.05) is 13.0 Å². The molecule has 0 aliphatic rings. The van der Waals surface area contributed by atoms with Gasteiger partial charge in [0.2, 0.25) is 0 Å². The molecule has 0 aliphatic heterocycles. The first kappa shape index (κ1) is 12.9. The van der Waals surface area contributed by atoms with E-state index in [1.165, 1.54) is 22.3 Å². The van der Waals surface area contributed by atoms with E-state index in [1.54, 1.807) is 0 Å². The Bertz CT molecular complexity index is 554. The molecular formula is C16H21NO. The quantitative estimate of drug-likeness (QED) is 0.850. The summed E-state index contributed by atoms with van der Waals surface area (Å²) in [5.41, 5.74) is 6.92. The van der Waals surface area contributed by atoms with Crippen LogP contribution >= 0.6 is 0 Å². The van der Waals surface area contributed by atoms with Crippen molar-refractivity contribution in [2.75, 3.05) is 0 Å². The van der Waals surface area contributed by atoms with E-state index in [9.17, 15) is 5.11 Å². The second-order valence-corrected chi connectivity index (χ2v) is 5.12. The minimum absolute atomic E-state index is 0.459. The maximum atomic E-state index is 10.4. The fraction of sp³-hybridized carbons (Fsp3) is 0.375. The summed E-state index contributed by atoms with van der Waals surface area (Å²) >= 11 is 0. The van der Waals surface area contributed by atoms with Crippen LogP contribution in [0.2, 0.25) is 0 Å². The zero-order valence-corrected chi connectivity index (χ0v) is 11.5. The maximum Gasteiger partial charge on any atom is 0.0980 e. The smallest absolute Gasteiger partial charge is 0.0980 e. The van der Waals surface area contributed by atoms with Crippen LogP contribution < -0.4 is 0 Å². The van der Waals surface area contributed by atoms with Gasteiger partial charge in [0.15, 0.2) is 0 Å². The number of benzene rings is 1. The van der Waals surface area contributed by atoms with Gasteiger partial charge in [-0.05, 0) is 44.4 Å². The molecule has 1 aromatic carbocycles. The predicted molar refractivity (Wildman–Crippen MR) is 74.8 cm³/mol. The molecule has 0 radical (unpaired) electrons. The molecule has 1 heterocycles. The molecule has 1 aromatic heterocycles. The maximum absolute atomic E-state index is 10.4. The minimum Gasteiger partial charge on any atom is -0.387 e. The Morgan fingerprint density at radius 1 is 1.11 bits per heavy atom. The highest BCUT2D eigenvalue weighted by molar-refractivity contribution is 5.36. The van der Waals surface area contributed by atoms with Gasteiger partial charge in [-0.1, -0.05) is 29.8 Å². The Morgan fingerprint density at radius 3 is 2.39 bits per heavy atom. The van der Waals surface area contributed by atoms with Crippen molar-refractivity contribution in [3.05, 3.63) is 57.9 Å². The van der Waals surface area contributed by atoms with Gasteiger partial charge in [-0.15, -0.1) is 0 Å². The summed E-state index contributed by atoms with van der Waals surface area (Å²) in [6.07, 6.45) is 0.196. The molecule has 0 spiro atoms. The molecule has 2 heteroatoms. The van der Waals surface area contributed by atoms with Gasteiger partial charge in [0.25, 0.3) is 0 Å². The van der Waals surface area contributed by atoms with Crippen molar-refractivity contribution in [1.29, 1.82) is 0 Å². The molecule has 0 saturated carbocycles. The molecule has 0 saturated heterocycles. The van der Waals surface area contributed by atoms with Crippen molar-refractivity contribution in [3.8, 4) is 0 Å². The summed E-state index contributed by atoms with van der Waals surface area (Å²) in [4.78, 5) is 3.30. The highest BCUT2D eigenvalue weighted by atomic mass is 16.3. The number of rotatable bonds is 3. The highest BCUT2D eigenvalue weighted by Crippen LogP contribution is 2.25. The Hall–Kier alpha value is -1.54. The summed E-state index contributed by atoms with van der Waals surface area (Å²) in [7, 11) is 0. The van der Waals surface area contributed by atoms with Gasteiger partial charge in [-0.3, -0.25) is 0 Å². The number of aromatic nitrogens is 1. The van der Waals surface area contributed by atoms with Crippen LogP contribution in [0.15, 0.2) is 24.3 Å². The zero-order valence-electron chi connectivity index (χ0n) is 11.5. The van der Waals surface area contributed by atoms with E-state index in [2.05, 4.69) is 44.0 Å². The molecule has 18 heavy (non-hydrogen) atoms. The fourth-order valence-electron chi connectivity index (χ4n) is 2.37. The third-order valence-corrected chi connectivity index (χ3v) is 3.70. The first-order valence-electron chi connectivity index (χ1n) is 6.38. The monoisotopic (exact) mass is 243 g/mol. The highest BCUT2D eigenvalue weighted by Gasteiger charge is 2.16. The molecule has 2 rings (SSSR count). The molecule has 1 unspecified atom stereocenters. The lowest BCUT2D eigenvalue weighted by Gasteiger charge is -2.11. The fourth-order valence-corrected chi connectivity index (χ4v) is 2.37. The Kier molecular flexibility index (Phi) is 3.58. The molecule has 1 atom stereocenters. The van der Waals surface area contributed by atoms with Gasteiger partial charge < -0.3 is 10.1 Å². The molecule has 2 aromatic rings. The van der Waals surface area contributed by atoms with E-state index in [4.69, 9.17) is 0 Å². The van der Waals surface area contributed by atoms with E-state index in [0.717, 1.165) is 11.4 Å².